The Morgan fingerprint density at radius 1 is 1.33 bits per heavy atom. The van der Waals surface area contributed by atoms with Gasteiger partial charge in [0.25, 0.3) is 0 Å². The van der Waals surface area contributed by atoms with Crippen molar-refractivity contribution in [3.05, 3.63) is 23.0 Å². The Bertz CT molecular complexity index is 708. The smallest absolute Gasteiger partial charge is 0.246 e. The van der Waals surface area contributed by atoms with E-state index in [9.17, 15) is 9.59 Å². The molecule has 0 aromatic carbocycles. The van der Waals surface area contributed by atoms with E-state index in [0.29, 0.717) is 19.4 Å². The summed E-state index contributed by atoms with van der Waals surface area (Å²) in [6, 6.07) is -0.0825. The summed E-state index contributed by atoms with van der Waals surface area (Å²) in [7, 11) is 7.08. The summed E-state index contributed by atoms with van der Waals surface area (Å²) >= 11 is 0. The highest BCUT2D eigenvalue weighted by atomic mass is 16.5. The molecule has 1 aliphatic heterocycles. The zero-order chi connectivity index (χ0) is 20.1. The number of amides is 2. The molecule has 2 amide bonds. The SMILES string of the molecule is CO[C@H]1CCCN(C(=O)/C=C/c2c(C)nn(C)c2C)[C@H]1CCC(=O)N(C)C. The van der Waals surface area contributed by atoms with Crippen LogP contribution < -0.4 is 0 Å². The van der Waals surface area contributed by atoms with Crippen molar-refractivity contribution in [2.45, 2.75) is 51.7 Å². The molecule has 0 N–H and O–H groups in total. The Morgan fingerprint density at radius 3 is 2.59 bits per heavy atom. The van der Waals surface area contributed by atoms with Crippen molar-refractivity contribution in [2.24, 2.45) is 7.05 Å². The Morgan fingerprint density at radius 2 is 2.04 bits per heavy atom. The molecule has 0 unspecified atom stereocenters. The van der Waals surface area contributed by atoms with Crippen LogP contribution in [0.15, 0.2) is 6.08 Å². The van der Waals surface area contributed by atoms with E-state index in [1.807, 2.05) is 36.6 Å². The van der Waals surface area contributed by atoms with Crippen LogP contribution in [-0.2, 0) is 21.4 Å². The van der Waals surface area contributed by atoms with Crippen LogP contribution in [0.4, 0.5) is 0 Å². The molecule has 1 aromatic rings. The van der Waals surface area contributed by atoms with Crippen molar-refractivity contribution in [3.63, 3.8) is 0 Å². The molecule has 1 aliphatic rings. The largest absolute Gasteiger partial charge is 0.379 e. The first-order valence-corrected chi connectivity index (χ1v) is 9.48. The summed E-state index contributed by atoms with van der Waals surface area (Å²) in [5.41, 5.74) is 2.91. The van der Waals surface area contributed by atoms with Gasteiger partial charge in [0.05, 0.1) is 17.8 Å². The molecule has 7 nitrogen and oxygen atoms in total. The third-order valence-electron chi connectivity index (χ3n) is 5.41. The minimum atomic E-state index is -0.0825. The van der Waals surface area contributed by atoms with Crippen LogP contribution in [0.1, 0.15) is 42.6 Å². The van der Waals surface area contributed by atoms with Crippen molar-refractivity contribution < 1.29 is 14.3 Å². The normalized spacial score (nSPS) is 20.3. The van der Waals surface area contributed by atoms with Crippen LogP contribution in [0.25, 0.3) is 6.08 Å². The van der Waals surface area contributed by atoms with Gasteiger partial charge in [-0.05, 0) is 39.2 Å². The molecule has 0 saturated carbocycles. The monoisotopic (exact) mass is 376 g/mol. The maximum absolute atomic E-state index is 12.9. The maximum atomic E-state index is 12.9. The second kappa shape index (κ2) is 9.17. The molecular weight excluding hydrogens is 344 g/mol. The number of methoxy groups -OCH3 is 1. The highest BCUT2D eigenvalue weighted by molar-refractivity contribution is 5.92. The summed E-state index contributed by atoms with van der Waals surface area (Å²) < 4.78 is 7.44. The summed E-state index contributed by atoms with van der Waals surface area (Å²) in [5.74, 6) is 0.0293. The number of likely N-dealkylation sites (tertiary alicyclic amines) is 1. The third kappa shape index (κ3) is 4.97. The van der Waals surface area contributed by atoms with Gasteiger partial charge in [-0.1, -0.05) is 0 Å². The number of carbonyl (C=O) groups is 2. The number of ether oxygens (including phenoxy) is 1. The first-order chi connectivity index (χ1) is 12.8. The fourth-order valence-electron chi connectivity index (χ4n) is 3.69. The first kappa shape index (κ1) is 21.2. The Hall–Kier alpha value is -2.15. The zero-order valence-electron chi connectivity index (χ0n) is 17.4. The summed E-state index contributed by atoms with van der Waals surface area (Å²) in [6.45, 7) is 4.62. The average Bonchev–Trinajstić information content (AvgIpc) is 2.88. The topological polar surface area (TPSA) is 67.7 Å². The fraction of sp³-hybridized carbons (Fsp3) is 0.650. The Labute approximate surface area is 162 Å². The third-order valence-corrected chi connectivity index (χ3v) is 5.41. The van der Waals surface area contributed by atoms with Gasteiger partial charge in [-0.3, -0.25) is 14.3 Å². The molecule has 2 heterocycles. The van der Waals surface area contributed by atoms with Crippen LogP contribution in [0.2, 0.25) is 0 Å². The minimum Gasteiger partial charge on any atom is -0.379 e. The number of aromatic nitrogens is 2. The van der Waals surface area contributed by atoms with Gasteiger partial charge in [0, 0.05) is 58.6 Å². The minimum absolute atomic E-state index is 0.0343. The Kier molecular flexibility index (Phi) is 7.18. The number of piperidine rings is 1. The Balaban J connectivity index is 2.14. The van der Waals surface area contributed by atoms with E-state index in [0.717, 1.165) is 29.8 Å². The van der Waals surface area contributed by atoms with Crippen molar-refractivity contribution in [2.75, 3.05) is 27.7 Å². The molecule has 1 aromatic heterocycles. The first-order valence-electron chi connectivity index (χ1n) is 9.48. The molecule has 0 bridgehead atoms. The lowest BCUT2D eigenvalue weighted by molar-refractivity contribution is -0.137. The predicted molar refractivity (Wildman–Crippen MR) is 105 cm³/mol. The van der Waals surface area contributed by atoms with Gasteiger partial charge in [-0.15, -0.1) is 0 Å². The van der Waals surface area contributed by atoms with Gasteiger partial charge < -0.3 is 14.5 Å². The summed E-state index contributed by atoms with van der Waals surface area (Å²) in [6.07, 6.45) is 6.26. The number of aryl methyl sites for hydroxylation is 2. The van der Waals surface area contributed by atoms with E-state index in [1.54, 1.807) is 32.2 Å². The fourth-order valence-corrected chi connectivity index (χ4v) is 3.69. The van der Waals surface area contributed by atoms with Gasteiger partial charge in [0.2, 0.25) is 11.8 Å². The van der Waals surface area contributed by atoms with Crippen molar-refractivity contribution in [1.29, 1.82) is 0 Å². The van der Waals surface area contributed by atoms with Crippen molar-refractivity contribution in [1.82, 2.24) is 19.6 Å². The molecule has 2 rings (SSSR count). The zero-order valence-corrected chi connectivity index (χ0v) is 17.4. The number of rotatable bonds is 6. The molecule has 150 valence electrons. The van der Waals surface area contributed by atoms with E-state index in [2.05, 4.69) is 5.10 Å². The van der Waals surface area contributed by atoms with Gasteiger partial charge in [-0.2, -0.15) is 5.10 Å². The van der Waals surface area contributed by atoms with Crippen LogP contribution >= 0.6 is 0 Å². The number of carbonyl (C=O) groups excluding carboxylic acids is 2. The maximum Gasteiger partial charge on any atom is 0.246 e. The number of hydrogen-bond acceptors (Lipinski definition) is 4. The number of nitrogens with zero attached hydrogens (tertiary/aromatic N) is 4. The summed E-state index contributed by atoms with van der Waals surface area (Å²) in [5, 5.41) is 4.39. The molecule has 27 heavy (non-hydrogen) atoms. The summed E-state index contributed by atoms with van der Waals surface area (Å²) in [4.78, 5) is 28.4. The van der Waals surface area contributed by atoms with Crippen molar-refractivity contribution in [3.8, 4) is 0 Å². The van der Waals surface area contributed by atoms with Crippen LogP contribution in [-0.4, -0.2) is 71.3 Å². The van der Waals surface area contributed by atoms with Crippen LogP contribution in [0.3, 0.4) is 0 Å². The lowest BCUT2D eigenvalue weighted by Crippen LogP contribution is -2.51. The van der Waals surface area contributed by atoms with E-state index in [-0.39, 0.29) is 24.0 Å². The predicted octanol–water partition coefficient (Wildman–Crippen LogP) is 1.92. The van der Waals surface area contributed by atoms with E-state index in [4.69, 9.17) is 4.74 Å². The highest BCUT2D eigenvalue weighted by Crippen LogP contribution is 2.25. The van der Waals surface area contributed by atoms with E-state index >= 15 is 0 Å². The lowest BCUT2D eigenvalue weighted by Gasteiger charge is -2.40. The standard InChI is InChI=1S/C20H32N4O3/c1-14-16(15(2)23(5)21-14)9-11-20(26)24-13-7-8-18(27-6)17(24)10-12-19(25)22(3)4/h9,11,17-18H,7-8,10,12-13H2,1-6H3/b11-9+/t17-,18-/m0/s1. The molecule has 2 atom stereocenters. The average molecular weight is 377 g/mol. The van der Waals surface area contributed by atoms with E-state index in [1.165, 1.54) is 0 Å². The van der Waals surface area contributed by atoms with Gasteiger partial charge in [-0.25, -0.2) is 0 Å². The van der Waals surface area contributed by atoms with Gasteiger partial charge >= 0.3 is 0 Å². The molecule has 1 fully saturated rings. The second-order valence-electron chi connectivity index (χ2n) is 7.38. The number of hydrogen-bond donors (Lipinski definition) is 0. The molecule has 0 radical (unpaired) electrons. The quantitative estimate of drug-likeness (QED) is 0.712. The van der Waals surface area contributed by atoms with E-state index < -0.39 is 0 Å². The molecular formula is C20H32N4O3. The molecule has 0 aliphatic carbocycles. The lowest BCUT2D eigenvalue weighted by atomic mass is 9.94. The van der Waals surface area contributed by atoms with Gasteiger partial charge in [0.1, 0.15) is 0 Å². The molecule has 7 heteroatoms. The molecule has 1 saturated heterocycles. The second-order valence-corrected chi connectivity index (χ2v) is 7.38. The van der Waals surface area contributed by atoms with Gasteiger partial charge in [0.15, 0.2) is 0 Å². The molecule has 0 spiro atoms. The highest BCUT2D eigenvalue weighted by Gasteiger charge is 2.33. The van der Waals surface area contributed by atoms with Crippen LogP contribution in [0, 0.1) is 13.8 Å². The van der Waals surface area contributed by atoms with Crippen LogP contribution in [0.5, 0.6) is 0 Å². The van der Waals surface area contributed by atoms with Crippen molar-refractivity contribution >= 4 is 17.9 Å².